The highest BCUT2D eigenvalue weighted by molar-refractivity contribution is 6.08. The summed E-state index contributed by atoms with van der Waals surface area (Å²) < 4.78 is 17.1. The molecule has 6 rings (SSSR count). The number of rotatable bonds is 3. The number of carbonyl (C=O) groups is 2. The average molecular weight is 469 g/mol. The van der Waals surface area contributed by atoms with Crippen molar-refractivity contribution in [3.63, 3.8) is 0 Å². The van der Waals surface area contributed by atoms with Gasteiger partial charge in [-0.3, -0.25) is 19.7 Å². The Morgan fingerprint density at radius 3 is 2.53 bits per heavy atom. The van der Waals surface area contributed by atoms with Crippen LogP contribution < -0.4 is 15.5 Å². The lowest BCUT2D eigenvalue weighted by Gasteiger charge is -2.54. The molecule has 4 heterocycles. The van der Waals surface area contributed by atoms with Crippen LogP contribution in [0.4, 0.5) is 15.0 Å². The molecular weight excluding hydrogens is 435 g/mol. The fraction of sp³-hybridized carbons (Fsp3) is 0.640. The van der Waals surface area contributed by atoms with Crippen LogP contribution in [0.3, 0.4) is 0 Å². The van der Waals surface area contributed by atoms with Gasteiger partial charge in [0, 0.05) is 31.4 Å². The zero-order valence-corrected chi connectivity index (χ0v) is 19.8. The number of carbonyl (C=O) groups excluding carboxylic acids is 2. The fourth-order valence-corrected chi connectivity index (χ4v) is 6.70. The Morgan fingerprint density at radius 2 is 1.82 bits per heavy atom. The molecule has 1 aliphatic carbocycles. The van der Waals surface area contributed by atoms with Crippen molar-refractivity contribution in [3.8, 4) is 0 Å². The predicted molar refractivity (Wildman–Crippen MR) is 127 cm³/mol. The molecule has 3 aliphatic heterocycles. The van der Waals surface area contributed by atoms with E-state index in [0.29, 0.717) is 16.6 Å². The molecule has 1 saturated carbocycles. The number of hydrogen-bond acceptors (Lipinski definition) is 5. The molecule has 0 bridgehead atoms. The topological polar surface area (TPSA) is 82.5 Å². The summed E-state index contributed by atoms with van der Waals surface area (Å²) in [7, 11) is 1.82. The molecule has 1 spiro atoms. The second-order valence-corrected chi connectivity index (χ2v) is 10.7. The molecular formula is C25H33FN6O2. The van der Waals surface area contributed by atoms with Crippen LogP contribution in [0.25, 0.3) is 10.9 Å². The number of nitrogens with one attached hydrogen (secondary N) is 2. The van der Waals surface area contributed by atoms with Gasteiger partial charge in [-0.05, 0) is 93.7 Å². The Morgan fingerprint density at radius 1 is 1.09 bits per heavy atom. The number of amides is 3. The van der Waals surface area contributed by atoms with Crippen LogP contribution in [0.15, 0.2) is 12.1 Å². The Balaban J connectivity index is 1.17. The first kappa shape index (κ1) is 22.0. The second kappa shape index (κ2) is 8.30. The van der Waals surface area contributed by atoms with Crippen molar-refractivity contribution in [3.05, 3.63) is 23.5 Å². The van der Waals surface area contributed by atoms with E-state index in [1.165, 1.54) is 49.7 Å². The zero-order valence-electron chi connectivity index (χ0n) is 19.8. The summed E-state index contributed by atoms with van der Waals surface area (Å²) in [4.78, 5) is 27.9. The van der Waals surface area contributed by atoms with Gasteiger partial charge >= 0.3 is 6.03 Å². The Labute approximate surface area is 198 Å². The molecule has 4 fully saturated rings. The first-order chi connectivity index (χ1) is 16.4. The molecule has 2 aromatic rings. The summed E-state index contributed by atoms with van der Waals surface area (Å²) in [5.41, 5.74) is 1.95. The highest BCUT2D eigenvalue weighted by Gasteiger charge is 2.47. The molecule has 9 heteroatoms. The molecule has 3 saturated heterocycles. The number of hydrogen-bond donors (Lipinski definition) is 2. The van der Waals surface area contributed by atoms with Gasteiger partial charge in [0.15, 0.2) is 5.82 Å². The van der Waals surface area contributed by atoms with E-state index in [1.807, 2.05) is 13.1 Å². The third kappa shape index (κ3) is 3.69. The number of anilines is 1. The van der Waals surface area contributed by atoms with E-state index in [-0.39, 0.29) is 30.6 Å². The normalized spacial score (nSPS) is 24.6. The van der Waals surface area contributed by atoms with E-state index < -0.39 is 6.03 Å². The fourth-order valence-electron chi connectivity index (χ4n) is 6.70. The van der Waals surface area contributed by atoms with Crippen LogP contribution in [-0.2, 0) is 11.8 Å². The Hall–Kier alpha value is -2.52. The molecule has 1 aromatic carbocycles. The van der Waals surface area contributed by atoms with Crippen LogP contribution in [-0.4, -0.2) is 65.4 Å². The van der Waals surface area contributed by atoms with Crippen molar-refractivity contribution in [1.82, 2.24) is 25.3 Å². The Kier molecular flexibility index (Phi) is 5.37. The van der Waals surface area contributed by atoms with Crippen molar-refractivity contribution in [2.24, 2.45) is 12.5 Å². The molecule has 0 atom stereocenters. The number of benzene rings is 1. The number of imide groups is 1. The number of piperidine rings is 2. The molecule has 8 nitrogen and oxygen atoms in total. The van der Waals surface area contributed by atoms with Gasteiger partial charge in [-0.25, -0.2) is 9.18 Å². The molecule has 3 amide bonds. The minimum atomic E-state index is -0.502. The van der Waals surface area contributed by atoms with E-state index in [1.54, 1.807) is 4.68 Å². The van der Waals surface area contributed by atoms with Gasteiger partial charge in [0.1, 0.15) is 5.82 Å². The zero-order chi connectivity index (χ0) is 23.4. The van der Waals surface area contributed by atoms with Crippen LogP contribution in [0.2, 0.25) is 0 Å². The summed E-state index contributed by atoms with van der Waals surface area (Å²) >= 11 is 0. The highest BCUT2D eigenvalue weighted by atomic mass is 19.1. The monoisotopic (exact) mass is 468 g/mol. The summed E-state index contributed by atoms with van der Waals surface area (Å²) in [6, 6.07) is 3.68. The van der Waals surface area contributed by atoms with Crippen LogP contribution >= 0.6 is 0 Å². The van der Waals surface area contributed by atoms with Crippen molar-refractivity contribution in [2.75, 3.05) is 37.6 Å². The Bertz CT molecular complexity index is 1120. The summed E-state index contributed by atoms with van der Waals surface area (Å²) in [6.45, 7) is 4.85. The smallest absolute Gasteiger partial charge is 0.317 e. The van der Waals surface area contributed by atoms with Gasteiger partial charge in [0.05, 0.1) is 5.52 Å². The molecule has 2 N–H and O–H groups in total. The predicted octanol–water partition coefficient (Wildman–Crippen LogP) is 2.87. The van der Waals surface area contributed by atoms with Gasteiger partial charge in [-0.15, -0.1) is 0 Å². The minimum absolute atomic E-state index is 0.212. The molecule has 4 aliphatic rings. The summed E-state index contributed by atoms with van der Waals surface area (Å²) in [6.07, 6.45) is 7.26. The van der Waals surface area contributed by atoms with E-state index in [4.69, 9.17) is 0 Å². The first-order valence-electron chi connectivity index (χ1n) is 12.6. The number of aryl methyl sites for hydroxylation is 1. The molecule has 1 aromatic heterocycles. The SMILES string of the molecule is Cn1nc(N2CCC(=O)NC2=O)c2cc(F)c(C3CC4(CCN(C5CCNCC5)CC4)C3)cc21. The van der Waals surface area contributed by atoms with Crippen molar-refractivity contribution in [2.45, 2.75) is 56.9 Å². The standard InChI is InChI=1S/C25H33FN6O2/c1-30-21-13-18(20(26)12-19(21)23(29-30)32-9-4-22(33)28-24(32)34)16-14-25(15-16)5-10-31(11-6-25)17-2-7-27-8-3-17/h12-13,16-17,27H,2-11,14-15H2,1H3,(H,28,33,34). The van der Waals surface area contributed by atoms with Gasteiger partial charge in [-0.1, -0.05) is 0 Å². The third-order valence-corrected chi connectivity index (χ3v) is 8.74. The van der Waals surface area contributed by atoms with E-state index in [9.17, 15) is 9.59 Å². The highest BCUT2D eigenvalue weighted by Crippen LogP contribution is 2.57. The summed E-state index contributed by atoms with van der Waals surface area (Å²) in [5.74, 6) is 0.130. The number of nitrogens with zero attached hydrogens (tertiary/aromatic N) is 4. The number of halogens is 1. The maximum Gasteiger partial charge on any atom is 0.329 e. The number of aromatic nitrogens is 2. The number of urea groups is 1. The lowest BCUT2D eigenvalue weighted by molar-refractivity contribution is -0.120. The van der Waals surface area contributed by atoms with E-state index in [0.717, 1.165) is 43.1 Å². The molecule has 0 unspecified atom stereocenters. The van der Waals surface area contributed by atoms with Gasteiger partial charge in [-0.2, -0.15) is 5.10 Å². The second-order valence-electron chi connectivity index (χ2n) is 10.7. The molecule has 34 heavy (non-hydrogen) atoms. The lowest BCUT2D eigenvalue weighted by atomic mass is 9.56. The van der Waals surface area contributed by atoms with Crippen LogP contribution in [0, 0.1) is 11.2 Å². The quantitative estimate of drug-likeness (QED) is 0.724. The van der Waals surface area contributed by atoms with Gasteiger partial charge in [0.2, 0.25) is 5.91 Å². The number of likely N-dealkylation sites (tertiary alicyclic amines) is 1. The van der Waals surface area contributed by atoms with E-state index in [2.05, 4.69) is 20.6 Å². The maximum absolute atomic E-state index is 15.3. The third-order valence-electron chi connectivity index (χ3n) is 8.74. The summed E-state index contributed by atoms with van der Waals surface area (Å²) in [5, 5.41) is 10.9. The molecule has 0 radical (unpaired) electrons. The average Bonchev–Trinajstić information content (AvgIpc) is 3.12. The molecule has 182 valence electrons. The van der Waals surface area contributed by atoms with Crippen molar-refractivity contribution < 1.29 is 14.0 Å². The van der Waals surface area contributed by atoms with E-state index >= 15 is 4.39 Å². The minimum Gasteiger partial charge on any atom is -0.317 e. The number of fused-ring (bicyclic) bond motifs is 1. The maximum atomic E-state index is 15.3. The first-order valence-corrected chi connectivity index (χ1v) is 12.6. The van der Waals surface area contributed by atoms with Gasteiger partial charge < -0.3 is 10.2 Å². The van der Waals surface area contributed by atoms with Crippen LogP contribution in [0.5, 0.6) is 0 Å². The van der Waals surface area contributed by atoms with Crippen LogP contribution in [0.1, 0.15) is 56.4 Å². The van der Waals surface area contributed by atoms with Crippen molar-refractivity contribution in [1.29, 1.82) is 0 Å². The largest absolute Gasteiger partial charge is 0.329 e. The van der Waals surface area contributed by atoms with Gasteiger partial charge in [0.25, 0.3) is 0 Å². The lowest BCUT2D eigenvalue weighted by Crippen LogP contribution is -2.51. The van der Waals surface area contributed by atoms with Crippen molar-refractivity contribution >= 4 is 28.7 Å².